The molecular formula is C21H16N4O5S2. The van der Waals surface area contributed by atoms with E-state index >= 15 is 0 Å². The minimum Gasteiger partial charge on any atom is -0.450 e. The van der Waals surface area contributed by atoms with Crippen molar-refractivity contribution in [3.63, 3.8) is 0 Å². The standard InChI is InChI=1S/C21H16N4O5S2/c1-2-30-20(29)23-19-24-25-21(32-19)31-10-16(26)22-11-7-8-14-15(9-11)18(28)13-6-4-3-5-12(13)17(14)27/h3-9H,2,10H2,1H3,(H,22,26)(H,23,24,29). The highest BCUT2D eigenvalue weighted by molar-refractivity contribution is 8.01. The van der Waals surface area contributed by atoms with E-state index in [9.17, 15) is 19.2 Å². The largest absolute Gasteiger partial charge is 0.450 e. The number of rotatable bonds is 6. The molecule has 0 atom stereocenters. The molecule has 0 unspecified atom stereocenters. The van der Waals surface area contributed by atoms with E-state index < -0.39 is 6.09 Å². The van der Waals surface area contributed by atoms with E-state index in [0.29, 0.717) is 26.7 Å². The van der Waals surface area contributed by atoms with Crippen LogP contribution < -0.4 is 10.6 Å². The summed E-state index contributed by atoms with van der Waals surface area (Å²) in [6.45, 7) is 1.93. The molecule has 2 aromatic carbocycles. The Morgan fingerprint density at radius 2 is 1.66 bits per heavy atom. The molecule has 2 amide bonds. The van der Waals surface area contributed by atoms with E-state index in [1.165, 1.54) is 6.07 Å². The first-order valence-corrected chi connectivity index (χ1v) is 11.3. The number of ether oxygens (including phenoxy) is 1. The Labute approximate surface area is 190 Å². The van der Waals surface area contributed by atoms with Crippen LogP contribution in [-0.4, -0.2) is 46.1 Å². The third kappa shape index (κ3) is 4.53. The Kier molecular flexibility index (Phi) is 6.28. The highest BCUT2D eigenvalue weighted by Gasteiger charge is 2.29. The van der Waals surface area contributed by atoms with Gasteiger partial charge in [-0.2, -0.15) is 0 Å². The molecule has 0 spiro atoms. The van der Waals surface area contributed by atoms with Gasteiger partial charge in [-0.3, -0.25) is 19.7 Å². The van der Waals surface area contributed by atoms with Crippen molar-refractivity contribution in [1.29, 1.82) is 0 Å². The number of benzene rings is 2. The molecule has 0 aliphatic heterocycles. The summed E-state index contributed by atoms with van der Waals surface area (Å²) >= 11 is 2.26. The van der Waals surface area contributed by atoms with E-state index in [4.69, 9.17) is 4.74 Å². The fraction of sp³-hybridized carbons (Fsp3) is 0.143. The Balaban J connectivity index is 1.39. The van der Waals surface area contributed by atoms with Gasteiger partial charge in [-0.1, -0.05) is 47.4 Å². The minimum atomic E-state index is -0.624. The van der Waals surface area contributed by atoms with E-state index in [1.807, 2.05) is 0 Å². The number of anilines is 2. The van der Waals surface area contributed by atoms with Crippen LogP contribution in [0.1, 0.15) is 38.8 Å². The summed E-state index contributed by atoms with van der Waals surface area (Å²) in [6, 6.07) is 11.3. The number of hydrogen-bond donors (Lipinski definition) is 2. The third-order valence-electron chi connectivity index (χ3n) is 4.43. The molecule has 1 aromatic heterocycles. The lowest BCUT2D eigenvalue weighted by Gasteiger charge is -2.18. The molecular weight excluding hydrogens is 452 g/mol. The highest BCUT2D eigenvalue weighted by atomic mass is 32.2. The Hall–Kier alpha value is -3.57. The molecule has 0 saturated heterocycles. The van der Waals surface area contributed by atoms with Crippen molar-refractivity contribution in [1.82, 2.24) is 10.2 Å². The van der Waals surface area contributed by atoms with Gasteiger partial charge in [0, 0.05) is 27.9 Å². The van der Waals surface area contributed by atoms with Gasteiger partial charge in [0.25, 0.3) is 0 Å². The first-order valence-electron chi connectivity index (χ1n) is 9.48. The number of aromatic nitrogens is 2. The van der Waals surface area contributed by atoms with Crippen LogP contribution in [0.25, 0.3) is 0 Å². The van der Waals surface area contributed by atoms with Gasteiger partial charge < -0.3 is 10.1 Å². The number of carbonyl (C=O) groups excluding carboxylic acids is 4. The lowest BCUT2D eigenvalue weighted by molar-refractivity contribution is -0.113. The molecule has 0 saturated carbocycles. The van der Waals surface area contributed by atoms with E-state index in [0.717, 1.165) is 23.1 Å². The predicted octanol–water partition coefficient (Wildman–Crippen LogP) is 3.61. The van der Waals surface area contributed by atoms with Gasteiger partial charge in [0.1, 0.15) is 0 Å². The van der Waals surface area contributed by atoms with Crippen LogP contribution in [0.2, 0.25) is 0 Å². The van der Waals surface area contributed by atoms with Crippen molar-refractivity contribution < 1.29 is 23.9 Å². The number of ketones is 2. The van der Waals surface area contributed by atoms with Crippen molar-refractivity contribution in [3.05, 3.63) is 64.7 Å². The van der Waals surface area contributed by atoms with Gasteiger partial charge in [0.2, 0.25) is 11.0 Å². The summed E-state index contributed by atoms with van der Waals surface area (Å²) in [5, 5.41) is 13.2. The molecule has 0 fully saturated rings. The molecule has 1 aliphatic carbocycles. The molecule has 1 aliphatic rings. The number of hydrogen-bond acceptors (Lipinski definition) is 9. The second kappa shape index (κ2) is 9.28. The van der Waals surface area contributed by atoms with Crippen molar-refractivity contribution in [2.45, 2.75) is 11.3 Å². The maximum Gasteiger partial charge on any atom is 0.413 e. The number of carbonyl (C=O) groups is 4. The monoisotopic (exact) mass is 468 g/mol. The fourth-order valence-electron chi connectivity index (χ4n) is 3.07. The lowest BCUT2D eigenvalue weighted by Crippen LogP contribution is -2.21. The average Bonchev–Trinajstić information content (AvgIpc) is 3.23. The minimum absolute atomic E-state index is 0.0425. The number of fused-ring (bicyclic) bond motifs is 2. The molecule has 0 radical (unpaired) electrons. The molecule has 1 heterocycles. The van der Waals surface area contributed by atoms with Gasteiger partial charge in [0.05, 0.1) is 12.4 Å². The van der Waals surface area contributed by atoms with Crippen molar-refractivity contribution in [3.8, 4) is 0 Å². The van der Waals surface area contributed by atoms with Crippen molar-refractivity contribution in [2.75, 3.05) is 23.0 Å². The highest BCUT2D eigenvalue weighted by Crippen LogP contribution is 2.29. The molecule has 32 heavy (non-hydrogen) atoms. The van der Waals surface area contributed by atoms with E-state index in [-0.39, 0.29) is 40.5 Å². The first-order chi connectivity index (χ1) is 15.5. The van der Waals surface area contributed by atoms with Gasteiger partial charge in [-0.15, -0.1) is 10.2 Å². The van der Waals surface area contributed by atoms with Crippen LogP contribution in [0.5, 0.6) is 0 Å². The maximum absolute atomic E-state index is 12.8. The number of nitrogens with zero attached hydrogens (tertiary/aromatic N) is 2. The molecule has 3 aromatic rings. The molecule has 9 nitrogen and oxygen atoms in total. The molecule has 4 rings (SSSR count). The van der Waals surface area contributed by atoms with Gasteiger partial charge in [-0.05, 0) is 25.1 Å². The van der Waals surface area contributed by atoms with Crippen LogP contribution in [0.3, 0.4) is 0 Å². The number of thioether (sulfide) groups is 1. The number of amides is 2. The van der Waals surface area contributed by atoms with Crippen LogP contribution in [0.15, 0.2) is 46.8 Å². The van der Waals surface area contributed by atoms with E-state index in [1.54, 1.807) is 43.3 Å². The zero-order valence-electron chi connectivity index (χ0n) is 16.7. The summed E-state index contributed by atoms with van der Waals surface area (Å²) in [5.41, 5.74) is 1.73. The van der Waals surface area contributed by atoms with Crippen molar-refractivity contribution >= 4 is 57.5 Å². The predicted molar refractivity (Wildman–Crippen MR) is 120 cm³/mol. The summed E-state index contributed by atoms with van der Waals surface area (Å²) in [5.74, 6) is -0.746. The zero-order valence-corrected chi connectivity index (χ0v) is 18.3. The van der Waals surface area contributed by atoms with Gasteiger partial charge in [0.15, 0.2) is 15.9 Å². The second-order valence-corrected chi connectivity index (χ2v) is 8.72. The van der Waals surface area contributed by atoms with Crippen LogP contribution >= 0.6 is 23.1 Å². The van der Waals surface area contributed by atoms with Gasteiger partial charge in [-0.25, -0.2) is 4.79 Å². The maximum atomic E-state index is 12.8. The second-order valence-electron chi connectivity index (χ2n) is 6.52. The molecule has 2 N–H and O–H groups in total. The summed E-state index contributed by atoms with van der Waals surface area (Å²) in [4.78, 5) is 49.2. The normalized spacial score (nSPS) is 12.0. The van der Waals surface area contributed by atoms with Crippen molar-refractivity contribution in [2.24, 2.45) is 0 Å². The first kappa shape index (κ1) is 21.7. The van der Waals surface area contributed by atoms with Crippen LogP contribution in [0, 0.1) is 0 Å². The number of nitrogens with one attached hydrogen (secondary N) is 2. The molecule has 11 heteroatoms. The summed E-state index contributed by atoms with van der Waals surface area (Å²) in [7, 11) is 0. The third-order valence-corrected chi connectivity index (χ3v) is 6.40. The quantitative estimate of drug-likeness (QED) is 0.324. The fourth-order valence-corrected chi connectivity index (χ4v) is 4.61. The van der Waals surface area contributed by atoms with E-state index in [2.05, 4.69) is 20.8 Å². The zero-order chi connectivity index (χ0) is 22.7. The topological polar surface area (TPSA) is 127 Å². The summed E-state index contributed by atoms with van der Waals surface area (Å²) in [6.07, 6.45) is -0.624. The van der Waals surface area contributed by atoms with Gasteiger partial charge >= 0.3 is 6.09 Å². The van der Waals surface area contributed by atoms with Crippen LogP contribution in [0.4, 0.5) is 15.6 Å². The SMILES string of the molecule is CCOC(=O)Nc1nnc(SCC(=O)Nc2ccc3c(c2)C(=O)c2ccccc2C3=O)s1. The lowest BCUT2D eigenvalue weighted by atomic mass is 9.84. The van der Waals surface area contributed by atoms with Crippen LogP contribution in [-0.2, 0) is 9.53 Å². The Bertz CT molecular complexity index is 1240. The smallest absolute Gasteiger partial charge is 0.413 e. The molecule has 0 bridgehead atoms. The average molecular weight is 469 g/mol. The molecule has 162 valence electrons. The summed E-state index contributed by atoms with van der Waals surface area (Å²) < 4.78 is 5.26. The Morgan fingerprint density at radius 3 is 2.38 bits per heavy atom. The Morgan fingerprint density at radius 1 is 0.969 bits per heavy atom.